The average Bonchev–Trinajstić information content (AvgIpc) is 3.33. The molecule has 2 aromatic carbocycles. The maximum atomic E-state index is 15.1. The fourth-order valence-corrected chi connectivity index (χ4v) is 6.18. The molecule has 0 bridgehead atoms. The first kappa shape index (κ1) is 32.2. The Morgan fingerprint density at radius 1 is 1.13 bits per heavy atom. The van der Waals surface area contributed by atoms with Crippen LogP contribution in [-0.4, -0.2) is 76.7 Å². The lowest BCUT2D eigenvalue weighted by Crippen LogP contribution is -2.52. The molecule has 0 aliphatic carbocycles. The number of nitrogens with one attached hydrogen (secondary N) is 1. The monoisotopic (exact) mass is 632 g/mol. The minimum absolute atomic E-state index is 0.0893. The molecule has 2 amide bonds. The lowest BCUT2D eigenvalue weighted by atomic mass is 9.89. The van der Waals surface area contributed by atoms with Crippen LogP contribution in [0.3, 0.4) is 0 Å². The van der Waals surface area contributed by atoms with Crippen molar-refractivity contribution in [1.82, 2.24) is 14.4 Å². The number of ether oxygens (including phenoxy) is 1. The van der Waals surface area contributed by atoms with Gasteiger partial charge in [0.15, 0.2) is 0 Å². The number of aromatic hydroxyl groups is 1. The molecule has 45 heavy (non-hydrogen) atoms. The van der Waals surface area contributed by atoms with E-state index in [2.05, 4.69) is 22.9 Å². The second-order valence-corrected chi connectivity index (χ2v) is 11.8. The number of anilines is 1. The van der Waals surface area contributed by atoms with Crippen LogP contribution >= 0.6 is 11.6 Å². The number of carbonyl (C=O) groups is 2. The van der Waals surface area contributed by atoms with Crippen molar-refractivity contribution in [2.24, 2.45) is 7.05 Å². The smallest absolute Gasteiger partial charge is 0.257 e. The van der Waals surface area contributed by atoms with Crippen molar-refractivity contribution in [3.05, 3.63) is 106 Å². The number of piperidine rings is 1. The van der Waals surface area contributed by atoms with Gasteiger partial charge in [0.2, 0.25) is 0 Å². The number of aromatic nitrogens is 1. The van der Waals surface area contributed by atoms with Crippen LogP contribution in [0.4, 0.5) is 10.1 Å². The van der Waals surface area contributed by atoms with Gasteiger partial charge in [-0.05, 0) is 73.9 Å². The van der Waals surface area contributed by atoms with Gasteiger partial charge < -0.3 is 24.6 Å². The largest absolute Gasteiger partial charge is 0.508 e. The second kappa shape index (κ2) is 13.9. The molecule has 0 saturated carbocycles. The molecule has 236 valence electrons. The maximum absolute atomic E-state index is 15.1. The number of likely N-dealkylation sites (tertiary alicyclic amines) is 1. The molecule has 1 atom stereocenters. The highest BCUT2D eigenvalue weighted by Crippen LogP contribution is 2.35. The molecule has 1 aromatic heterocycles. The number of hydrogen-bond donors (Lipinski definition) is 2. The number of carbonyl (C=O) groups excluding carboxylic acids is 2. The van der Waals surface area contributed by atoms with E-state index >= 15 is 4.39 Å². The molecule has 3 heterocycles. The van der Waals surface area contributed by atoms with Crippen LogP contribution in [0.25, 0.3) is 11.3 Å². The van der Waals surface area contributed by atoms with Gasteiger partial charge in [-0.3, -0.25) is 14.5 Å². The predicted octanol–water partition coefficient (Wildman–Crippen LogP) is 6.36. The topological polar surface area (TPSA) is 87.0 Å². The molecular formula is C35H38ClFN4O4. The minimum atomic E-state index is -0.697. The third-order valence-corrected chi connectivity index (χ3v) is 8.91. The fraction of sp³-hybridized carbons (Fsp3) is 0.314. The van der Waals surface area contributed by atoms with Gasteiger partial charge in [0.25, 0.3) is 11.8 Å². The number of allylic oxidation sites excluding steroid dienone is 3. The predicted molar refractivity (Wildman–Crippen MR) is 175 cm³/mol. The molecule has 8 nitrogen and oxygen atoms in total. The van der Waals surface area contributed by atoms with Gasteiger partial charge in [-0.15, -0.1) is 0 Å². The molecule has 2 aliphatic rings. The van der Waals surface area contributed by atoms with Crippen molar-refractivity contribution in [3.63, 3.8) is 0 Å². The number of rotatable bonds is 7. The third kappa shape index (κ3) is 6.91. The Morgan fingerprint density at radius 2 is 1.84 bits per heavy atom. The zero-order valence-electron chi connectivity index (χ0n) is 25.8. The molecule has 2 saturated heterocycles. The highest BCUT2D eigenvalue weighted by Gasteiger charge is 2.35. The van der Waals surface area contributed by atoms with Gasteiger partial charge >= 0.3 is 0 Å². The molecule has 2 aliphatic heterocycles. The summed E-state index contributed by atoms with van der Waals surface area (Å²) in [4.78, 5) is 32.0. The Kier molecular flexibility index (Phi) is 9.92. The van der Waals surface area contributed by atoms with E-state index in [0.717, 1.165) is 24.2 Å². The standard InChI is InChI=1S/C35H38ClFN4O4/c1-5-7-24-20-41(26(16-23(24)6-2)21-40-12-14-45-15-13-40)35(44)30-18-32(37)31(36)17-29(30)33-19-28(22(3)39(33)4)34(43)38-25-8-10-27(42)11-9-25/h5-11,17-19,26,42H,1,12-16,20-21H2,2-4H3,(H,38,43)/b23-6-,24-7-/t26-/m0/s1. The van der Waals surface area contributed by atoms with E-state index in [4.69, 9.17) is 16.3 Å². The van der Waals surface area contributed by atoms with Gasteiger partial charge in [-0.2, -0.15) is 0 Å². The fourth-order valence-electron chi connectivity index (χ4n) is 6.02. The van der Waals surface area contributed by atoms with Crippen LogP contribution in [0.15, 0.2) is 78.4 Å². The van der Waals surface area contributed by atoms with Crippen molar-refractivity contribution in [2.45, 2.75) is 26.3 Å². The Balaban J connectivity index is 1.54. The summed E-state index contributed by atoms with van der Waals surface area (Å²) in [6.07, 6.45) is 6.36. The quantitative estimate of drug-likeness (QED) is 0.296. The van der Waals surface area contributed by atoms with Gasteiger partial charge in [-0.25, -0.2) is 4.39 Å². The highest BCUT2D eigenvalue weighted by molar-refractivity contribution is 6.31. The molecule has 0 radical (unpaired) electrons. The van der Waals surface area contributed by atoms with Gasteiger partial charge in [0, 0.05) is 61.9 Å². The summed E-state index contributed by atoms with van der Waals surface area (Å²) in [6.45, 7) is 11.5. The lowest BCUT2D eigenvalue weighted by Gasteiger charge is -2.42. The molecule has 0 unspecified atom stereocenters. The van der Waals surface area contributed by atoms with Crippen molar-refractivity contribution < 1.29 is 23.8 Å². The van der Waals surface area contributed by atoms with Crippen LogP contribution in [-0.2, 0) is 11.8 Å². The minimum Gasteiger partial charge on any atom is -0.508 e. The molecule has 5 rings (SSSR count). The van der Waals surface area contributed by atoms with Crippen LogP contribution in [0.2, 0.25) is 5.02 Å². The summed E-state index contributed by atoms with van der Waals surface area (Å²) < 4.78 is 22.5. The van der Waals surface area contributed by atoms with E-state index in [1.807, 2.05) is 17.9 Å². The van der Waals surface area contributed by atoms with E-state index in [-0.39, 0.29) is 34.2 Å². The van der Waals surface area contributed by atoms with Crippen LogP contribution in [0, 0.1) is 12.7 Å². The van der Waals surface area contributed by atoms with Crippen molar-refractivity contribution in [3.8, 4) is 17.0 Å². The van der Waals surface area contributed by atoms with Crippen LogP contribution in [0.1, 0.15) is 39.8 Å². The Hall–Kier alpha value is -4.18. The van der Waals surface area contributed by atoms with Gasteiger partial charge in [0.05, 0.1) is 29.4 Å². The van der Waals surface area contributed by atoms with Gasteiger partial charge in [0.1, 0.15) is 11.6 Å². The number of benzene rings is 2. The van der Waals surface area contributed by atoms with Crippen molar-refractivity contribution in [1.29, 1.82) is 0 Å². The molecule has 0 spiro atoms. The van der Waals surface area contributed by atoms with Crippen molar-refractivity contribution in [2.75, 3.05) is 44.7 Å². The van der Waals surface area contributed by atoms with E-state index in [1.165, 1.54) is 24.3 Å². The number of halogens is 2. The summed E-state index contributed by atoms with van der Waals surface area (Å²) >= 11 is 6.31. The lowest BCUT2D eigenvalue weighted by molar-refractivity contribution is 0.0214. The average molecular weight is 633 g/mol. The van der Waals surface area contributed by atoms with Gasteiger partial charge in [-0.1, -0.05) is 36.4 Å². The zero-order chi connectivity index (χ0) is 32.2. The summed E-state index contributed by atoms with van der Waals surface area (Å²) in [7, 11) is 1.79. The first-order chi connectivity index (χ1) is 21.6. The number of nitrogens with zero attached hydrogens (tertiary/aromatic N) is 3. The number of phenols is 1. The second-order valence-electron chi connectivity index (χ2n) is 11.3. The Bertz CT molecular complexity index is 1670. The first-order valence-electron chi connectivity index (χ1n) is 15.0. The van der Waals surface area contributed by atoms with E-state index in [1.54, 1.807) is 42.8 Å². The Morgan fingerprint density at radius 3 is 2.51 bits per heavy atom. The normalized spacial score (nSPS) is 19.2. The molecule has 10 heteroatoms. The van der Waals surface area contributed by atoms with Crippen LogP contribution < -0.4 is 5.32 Å². The molecular weight excluding hydrogens is 595 g/mol. The third-order valence-electron chi connectivity index (χ3n) is 8.62. The summed E-state index contributed by atoms with van der Waals surface area (Å²) in [6, 6.07) is 10.4. The zero-order valence-corrected chi connectivity index (χ0v) is 26.5. The number of hydrogen-bond acceptors (Lipinski definition) is 5. The maximum Gasteiger partial charge on any atom is 0.257 e. The summed E-state index contributed by atoms with van der Waals surface area (Å²) in [5.41, 5.74) is 4.83. The summed E-state index contributed by atoms with van der Waals surface area (Å²) in [5, 5.41) is 12.3. The van der Waals surface area contributed by atoms with E-state index in [9.17, 15) is 14.7 Å². The molecule has 2 N–H and O–H groups in total. The SMILES string of the molecule is C=C/C=C1/CN(C(=O)c2cc(F)c(Cl)cc2-c2cc(C(=O)Nc3ccc(O)cc3)c(C)n2C)[C@H](CN2CCOCC2)C/C1=C/C. The van der Waals surface area contributed by atoms with Crippen molar-refractivity contribution >= 4 is 29.1 Å². The van der Waals surface area contributed by atoms with E-state index < -0.39 is 5.82 Å². The Labute approximate surface area is 268 Å². The molecule has 3 aromatic rings. The summed E-state index contributed by atoms with van der Waals surface area (Å²) in [5.74, 6) is -1.29. The first-order valence-corrected chi connectivity index (χ1v) is 15.3. The molecule has 2 fully saturated rings. The van der Waals surface area contributed by atoms with E-state index in [0.29, 0.717) is 60.9 Å². The number of morpholine rings is 1. The highest BCUT2D eigenvalue weighted by atomic mass is 35.5. The van der Waals surface area contributed by atoms with Crippen LogP contribution in [0.5, 0.6) is 5.75 Å². The number of phenolic OH excluding ortho intramolecular Hbond substituents is 1. The number of amides is 2.